The molecule has 1 aliphatic rings. The highest BCUT2D eigenvalue weighted by molar-refractivity contribution is 6.07. The van der Waals surface area contributed by atoms with Gasteiger partial charge in [0.05, 0.1) is 17.3 Å². The van der Waals surface area contributed by atoms with Crippen LogP contribution in [0.25, 0.3) is 10.8 Å². The van der Waals surface area contributed by atoms with Crippen molar-refractivity contribution in [2.45, 2.75) is 26.7 Å². The Labute approximate surface area is 170 Å². The van der Waals surface area contributed by atoms with Gasteiger partial charge in [-0.15, -0.1) is 0 Å². The van der Waals surface area contributed by atoms with Crippen LogP contribution in [-0.4, -0.2) is 34.8 Å². The molecule has 0 saturated carbocycles. The number of hydrogen-bond donors (Lipinski definition) is 1. The Bertz CT molecular complexity index is 1050. The predicted molar refractivity (Wildman–Crippen MR) is 115 cm³/mol. The van der Waals surface area contributed by atoms with Crippen LogP contribution in [0.4, 0.5) is 5.69 Å². The predicted octanol–water partition coefficient (Wildman–Crippen LogP) is 4.34. The summed E-state index contributed by atoms with van der Waals surface area (Å²) in [6.45, 7) is 4.96. The average molecular weight is 387 g/mol. The van der Waals surface area contributed by atoms with E-state index in [1.807, 2.05) is 67.3 Å². The Balaban J connectivity index is 1.52. The number of likely N-dealkylation sites (tertiary alicyclic amines) is 1. The van der Waals surface area contributed by atoms with Crippen LogP contribution in [0.2, 0.25) is 0 Å². The molecule has 5 heteroatoms. The lowest BCUT2D eigenvalue weighted by atomic mass is 9.95. The molecule has 0 spiro atoms. The number of carbonyl (C=O) groups excluding carboxylic acids is 2. The molecule has 1 fully saturated rings. The SMILES string of the molecule is Cc1ccnc(C)c1NC(=O)C1CCCN(C(=O)c2cccc3ccccc23)C1. The monoisotopic (exact) mass is 387 g/mol. The molecule has 0 radical (unpaired) electrons. The zero-order chi connectivity index (χ0) is 20.4. The number of benzene rings is 2. The number of pyridine rings is 1. The molecule has 29 heavy (non-hydrogen) atoms. The van der Waals surface area contributed by atoms with Gasteiger partial charge in [0.2, 0.25) is 5.91 Å². The van der Waals surface area contributed by atoms with Gasteiger partial charge in [0.15, 0.2) is 0 Å². The van der Waals surface area contributed by atoms with E-state index in [4.69, 9.17) is 0 Å². The summed E-state index contributed by atoms with van der Waals surface area (Å²) in [5, 5.41) is 5.04. The van der Waals surface area contributed by atoms with Gasteiger partial charge in [0.25, 0.3) is 5.91 Å². The summed E-state index contributed by atoms with van der Waals surface area (Å²) in [5.41, 5.74) is 3.27. The van der Waals surface area contributed by atoms with Crippen LogP contribution >= 0.6 is 0 Å². The first-order valence-corrected chi connectivity index (χ1v) is 10.0. The Hall–Kier alpha value is -3.21. The topological polar surface area (TPSA) is 62.3 Å². The molecule has 1 unspecified atom stereocenters. The Morgan fingerprint density at radius 2 is 1.86 bits per heavy atom. The molecule has 2 heterocycles. The Morgan fingerprint density at radius 1 is 1.07 bits per heavy atom. The number of carbonyl (C=O) groups is 2. The number of nitrogens with one attached hydrogen (secondary N) is 1. The second-order valence-corrected chi connectivity index (χ2v) is 7.69. The minimum atomic E-state index is -0.221. The normalized spacial score (nSPS) is 16.6. The number of aryl methyl sites for hydroxylation is 2. The van der Waals surface area contributed by atoms with Crippen LogP contribution in [0, 0.1) is 19.8 Å². The van der Waals surface area contributed by atoms with E-state index in [-0.39, 0.29) is 17.7 Å². The number of piperidine rings is 1. The molecule has 0 aliphatic carbocycles. The average Bonchev–Trinajstić information content (AvgIpc) is 2.75. The van der Waals surface area contributed by atoms with E-state index < -0.39 is 0 Å². The third-order valence-corrected chi connectivity index (χ3v) is 5.70. The zero-order valence-electron chi connectivity index (χ0n) is 16.8. The van der Waals surface area contributed by atoms with Gasteiger partial charge in [-0.05, 0) is 55.2 Å². The molecule has 4 rings (SSSR count). The number of rotatable bonds is 3. The van der Waals surface area contributed by atoms with Crippen molar-refractivity contribution >= 4 is 28.3 Å². The lowest BCUT2D eigenvalue weighted by molar-refractivity contribution is -0.121. The first-order chi connectivity index (χ1) is 14.0. The molecule has 2 aromatic carbocycles. The largest absolute Gasteiger partial charge is 0.338 e. The maximum Gasteiger partial charge on any atom is 0.254 e. The molecule has 3 aromatic rings. The molecule has 1 saturated heterocycles. The first-order valence-electron chi connectivity index (χ1n) is 10.0. The van der Waals surface area contributed by atoms with Crippen LogP contribution < -0.4 is 5.32 Å². The van der Waals surface area contributed by atoms with Crippen molar-refractivity contribution in [3.8, 4) is 0 Å². The summed E-state index contributed by atoms with van der Waals surface area (Å²) in [5.74, 6) is -0.269. The van der Waals surface area contributed by atoms with E-state index in [1.165, 1.54) is 0 Å². The van der Waals surface area contributed by atoms with Crippen LogP contribution in [0.15, 0.2) is 54.7 Å². The Morgan fingerprint density at radius 3 is 2.69 bits per heavy atom. The maximum atomic E-state index is 13.2. The zero-order valence-corrected chi connectivity index (χ0v) is 16.8. The van der Waals surface area contributed by atoms with E-state index in [9.17, 15) is 9.59 Å². The van der Waals surface area contributed by atoms with Gasteiger partial charge in [-0.25, -0.2) is 0 Å². The number of aromatic nitrogens is 1. The molecule has 2 amide bonds. The summed E-state index contributed by atoms with van der Waals surface area (Å²) in [4.78, 5) is 32.2. The fourth-order valence-electron chi connectivity index (χ4n) is 4.07. The van der Waals surface area contributed by atoms with Crippen LogP contribution in [0.1, 0.15) is 34.5 Å². The molecular formula is C24H25N3O2. The summed E-state index contributed by atoms with van der Waals surface area (Å²) >= 11 is 0. The highest BCUT2D eigenvalue weighted by atomic mass is 16.2. The molecule has 148 valence electrons. The third-order valence-electron chi connectivity index (χ3n) is 5.70. The van der Waals surface area contributed by atoms with Gasteiger partial charge in [0, 0.05) is 24.8 Å². The molecule has 1 aromatic heterocycles. The van der Waals surface area contributed by atoms with Crippen molar-refractivity contribution in [3.63, 3.8) is 0 Å². The molecule has 5 nitrogen and oxygen atoms in total. The van der Waals surface area contributed by atoms with Crippen LogP contribution in [0.3, 0.4) is 0 Å². The fourth-order valence-corrected chi connectivity index (χ4v) is 4.07. The lowest BCUT2D eigenvalue weighted by Gasteiger charge is -2.32. The van der Waals surface area contributed by atoms with Crippen molar-refractivity contribution in [1.82, 2.24) is 9.88 Å². The first kappa shape index (κ1) is 19.1. The number of amides is 2. The van der Waals surface area contributed by atoms with E-state index in [2.05, 4.69) is 10.3 Å². The Kier molecular flexibility index (Phi) is 5.30. The summed E-state index contributed by atoms with van der Waals surface area (Å²) in [7, 11) is 0. The second-order valence-electron chi connectivity index (χ2n) is 7.69. The smallest absolute Gasteiger partial charge is 0.254 e. The highest BCUT2D eigenvalue weighted by Gasteiger charge is 2.30. The number of hydrogen-bond acceptors (Lipinski definition) is 3. The standard InChI is InChI=1S/C24H25N3O2/c1-16-12-13-25-17(2)22(16)26-23(28)19-9-6-14-27(15-19)24(29)21-11-5-8-18-7-3-4-10-20(18)21/h3-5,7-8,10-13,19H,6,9,14-15H2,1-2H3,(H,26,28). The summed E-state index contributed by atoms with van der Waals surface area (Å²) < 4.78 is 0. The van der Waals surface area contributed by atoms with E-state index in [0.29, 0.717) is 18.7 Å². The number of nitrogens with zero attached hydrogens (tertiary/aromatic N) is 2. The van der Waals surface area contributed by atoms with Crippen LogP contribution in [0.5, 0.6) is 0 Å². The highest BCUT2D eigenvalue weighted by Crippen LogP contribution is 2.25. The van der Waals surface area contributed by atoms with Crippen molar-refractivity contribution in [2.24, 2.45) is 5.92 Å². The van der Waals surface area contributed by atoms with E-state index in [1.54, 1.807) is 6.20 Å². The molecule has 1 aliphatic heterocycles. The quantitative estimate of drug-likeness (QED) is 0.727. The minimum absolute atomic E-state index is 0.00645. The van der Waals surface area contributed by atoms with Gasteiger partial charge in [-0.1, -0.05) is 36.4 Å². The second kappa shape index (κ2) is 8.03. The van der Waals surface area contributed by atoms with Crippen molar-refractivity contribution < 1.29 is 9.59 Å². The molecule has 1 N–H and O–H groups in total. The van der Waals surface area contributed by atoms with Crippen LogP contribution in [-0.2, 0) is 4.79 Å². The van der Waals surface area contributed by atoms with Crippen molar-refractivity contribution in [1.29, 1.82) is 0 Å². The van der Waals surface area contributed by atoms with Gasteiger partial charge >= 0.3 is 0 Å². The molecular weight excluding hydrogens is 362 g/mol. The van der Waals surface area contributed by atoms with Gasteiger partial charge in [-0.2, -0.15) is 0 Å². The maximum absolute atomic E-state index is 13.2. The fraction of sp³-hybridized carbons (Fsp3) is 0.292. The molecule has 0 bridgehead atoms. The number of anilines is 1. The summed E-state index contributed by atoms with van der Waals surface area (Å²) in [6.07, 6.45) is 3.34. The third kappa shape index (κ3) is 3.86. The van der Waals surface area contributed by atoms with Crippen molar-refractivity contribution in [3.05, 3.63) is 71.5 Å². The lowest BCUT2D eigenvalue weighted by Crippen LogP contribution is -2.44. The molecule has 1 atom stereocenters. The van der Waals surface area contributed by atoms with Crippen molar-refractivity contribution in [2.75, 3.05) is 18.4 Å². The van der Waals surface area contributed by atoms with E-state index >= 15 is 0 Å². The summed E-state index contributed by atoms with van der Waals surface area (Å²) in [6, 6.07) is 15.6. The number of fused-ring (bicyclic) bond motifs is 1. The minimum Gasteiger partial charge on any atom is -0.338 e. The van der Waals surface area contributed by atoms with Gasteiger partial charge in [-0.3, -0.25) is 14.6 Å². The van der Waals surface area contributed by atoms with Gasteiger partial charge < -0.3 is 10.2 Å². The van der Waals surface area contributed by atoms with E-state index in [0.717, 1.165) is 40.6 Å². The van der Waals surface area contributed by atoms with Gasteiger partial charge in [0.1, 0.15) is 0 Å².